The SMILES string of the molecule is C=CC.CC1(C)C(c2ccc(C(=O)O)cc2)=CCC2(C)C1CCC1(C)C2CCC2C3CCCC3(NCCNc3ccccc3)CC[C@]21C. The minimum atomic E-state index is -0.852. The average Bonchev–Trinajstić information content (AvgIpc) is 3.48. The molecular formula is C44H62N2O2. The Bertz CT molecular complexity index is 1500. The fraction of sp³-hybridized carbons (Fsp3) is 0.614. The molecule has 0 radical (unpaired) electrons. The number of allylic oxidation sites excluding steroid dienone is 3. The van der Waals surface area contributed by atoms with Crippen molar-refractivity contribution in [1.82, 2.24) is 5.32 Å². The molecule has 5 aliphatic carbocycles. The van der Waals surface area contributed by atoms with E-state index in [0.717, 1.165) is 37.3 Å². The Hall–Kier alpha value is -2.85. The number of para-hydroxylation sites is 1. The Balaban J connectivity index is 0.00000129. The van der Waals surface area contributed by atoms with Crippen LogP contribution in [0.2, 0.25) is 0 Å². The summed E-state index contributed by atoms with van der Waals surface area (Å²) in [4.78, 5) is 11.5. The Morgan fingerprint density at radius 3 is 2.23 bits per heavy atom. The molecule has 48 heavy (non-hydrogen) atoms. The van der Waals surface area contributed by atoms with Crippen molar-refractivity contribution in [1.29, 1.82) is 0 Å². The van der Waals surface area contributed by atoms with Crippen LogP contribution < -0.4 is 10.6 Å². The van der Waals surface area contributed by atoms with E-state index >= 15 is 0 Å². The van der Waals surface area contributed by atoms with Crippen molar-refractivity contribution in [3.05, 3.63) is 84.5 Å². The zero-order valence-electron chi connectivity index (χ0n) is 30.7. The summed E-state index contributed by atoms with van der Waals surface area (Å²) in [5, 5.41) is 17.3. The van der Waals surface area contributed by atoms with E-state index in [4.69, 9.17) is 0 Å². The van der Waals surface area contributed by atoms with Gasteiger partial charge in [-0.15, -0.1) is 6.58 Å². The van der Waals surface area contributed by atoms with Crippen LogP contribution in [0.4, 0.5) is 5.69 Å². The van der Waals surface area contributed by atoms with Crippen molar-refractivity contribution in [2.24, 2.45) is 45.3 Å². The Kier molecular flexibility index (Phi) is 9.57. The highest BCUT2D eigenvalue weighted by atomic mass is 16.4. The molecule has 0 aliphatic heterocycles. The van der Waals surface area contributed by atoms with Gasteiger partial charge in [0.05, 0.1) is 5.56 Å². The molecule has 260 valence electrons. The minimum absolute atomic E-state index is 0.0572. The molecule has 4 fully saturated rings. The summed E-state index contributed by atoms with van der Waals surface area (Å²) in [6.45, 7) is 20.4. The van der Waals surface area contributed by atoms with Crippen LogP contribution in [0.25, 0.3) is 5.57 Å². The number of aromatic carboxylic acids is 1. The third kappa shape index (κ3) is 5.59. The first-order valence-electron chi connectivity index (χ1n) is 19.0. The van der Waals surface area contributed by atoms with Crippen molar-refractivity contribution in [3.8, 4) is 0 Å². The van der Waals surface area contributed by atoms with Gasteiger partial charge in [-0.05, 0) is 145 Å². The van der Waals surface area contributed by atoms with Crippen LogP contribution in [0.1, 0.15) is 122 Å². The monoisotopic (exact) mass is 650 g/mol. The number of benzene rings is 2. The smallest absolute Gasteiger partial charge is 0.335 e. The largest absolute Gasteiger partial charge is 0.478 e. The maximum absolute atomic E-state index is 11.5. The van der Waals surface area contributed by atoms with Gasteiger partial charge in [0.2, 0.25) is 0 Å². The summed E-state index contributed by atoms with van der Waals surface area (Å²) in [6, 6.07) is 18.3. The molecule has 0 saturated heterocycles. The van der Waals surface area contributed by atoms with Gasteiger partial charge in [-0.3, -0.25) is 0 Å². The molecule has 2 aromatic rings. The second-order valence-electron chi connectivity index (χ2n) is 17.4. The Labute approximate surface area is 291 Å². The van der Waals surface area contributed by atoms with E-state index in [1.807, 2.05) is 19.1 Å². The third-order valence-electron chi connectivity index (χ3n) is 15.1. The minimum Gasteiger partial charge on any atom is -0.478 e. The highest BCUT2D eigenvalue weighted by molar-refractivity contribution is 5.88. The lowest BCUT2D eigenvalue weighted by Gasteiger charge is -2.72. The molecule has 0 heterocycles. The number of nitrogens with one attached hydrogen (secondary N) is 2. The highest BCUT2D eigenvalue weighted by Crippen LogP contribution is 2.76. The number of hydrogen-bond donors (Lipinski definition) is 3. The van der Waals surface area contributed by atoms with Gasteiger partial charge in [-0.25, -0.2) is 4.79 Å². The molecule has 4 saturated carbocycles. The van der Waals surface area contributed by atoms with Crippen LogP contribution >= 0.6 is 0 Å². The van der Waals surface area contributed by atoms with Crippen LogP contribution in [-0.4, -0.2) is 29.7 Å². The van der Waals surface area contributed by atoms with Gasteiger partial charge in [0, 0.05) is 24.3 Å². The number of carboxylic acids is 1. The average molecular weight is 651 g/mol. The quantitative estimate of drug-likeness (QED) is 0.206. The van der Waals surface area contributed by atoms with Gasteiger partial charge >= 0.3 is 5.97 Å². The van der Waals surface area contributed by atoms with E-state index in [-0.39, 0.29) is 5.41 Å². The van der Waals surface area contributed by atoms with Crippen LogP contribution in [0.5, 0.6) is 0 Å². The molecule has 5 aliphatic rings. The maximum Gasteiger partial charge on any atom is 0.335 e. The molecular weight excluding hydrogens is 588 g/mol. The lowest BCUT2D eigenvalue weighted by atomic mass is 9.33. The molecule has 2 aromatic carbocycles. The molecule has 0 bridgehead atoms. The van der Waals surface area contributed by atoms with E-state index in [2.05, 4.69) is 88.2 Å². The van der Waals surface area contributed by atoms with Crippen LogP contribution in [0.3, 0.4) is 0 Å². The van der Waals surface area contributed by atoms with Crippen LogP contribution in [0, 0.1) is 45.3 Å². The number of carboxylic acid groups (broad SMARTS) is 1. The predicted octanol–water partition coefficient (Wildman–Crippen LogP) is 10.9. The van der Waals surface area contributed by atoms with Crippen LogP contribution in [0.15, 0.2) is 73.3 Å². The molecule has 7 rings (SSSR count). The number of carbonyl (C=O) groups is 1. The van der Waals surface area contributed by atoms with Gasteiger partial charge in [-0.1, -0.05) is 83.5 Å². The topological polar surface area (TPSA) is 61.4 Å². The maximum atomic E-state index is 11.5. The summed E-state index contributed by atoms with van der Waals surface area (Å²) < 4.78 is 0. The zero-order chi connectivity index (χ0) is 34.4. The number of hydrogen-bond acceptors (Lipinski definition) is 3. The molecule has 7 unspecified atom stereocenters. The summed E-state index contributed by atoms with van der Waals surface area (Å²) in [7, 11) is 0. The Morgan fingerprint density at radius 1 is 0.833 bits per heavy atom. The second-order valence-corrected chi connectivity index (χ2v) is 17.4. The zero-order valence-corrected chi connectivity index (χ0v) is 30.7. The predicted molar refractivity (Wildman–Crippen MR) is 201 cm³/mol. The van der Waals surface area contributed by atoms with Crippen molar-refractivity contribution in [2.45, 2.75) is 111 Å². The summed E-state index contributed by atoms with van der Waals surface area (Å²) in [5.41, 5.74) is 5.65. The molecule has 4 heteroatoms. The highest BCUT2D eigenvalue weighted by Gasteiger charge is 2.69. The lowest BCUT2D eigenvalue weighted by molar-refractivity contribution is -0.216. The molecule has 0 amide bonds. The first-order chi connectivity index (χ1) is 22.9. The first kappa shape index (κ1) is 35.0. The summed E-state index contributed by atoms with van der Waals surface area (Å²) in [6.07, 6.45) is 17.7. The normalized spacial score (nSPS) is 37.7. The summed E-state index contributed by atoms with van der Waals surface area (Å²) >= 11 is 0. The first-order valence-corrected chi connectivity index (χ1v) is 19.0. The Morgan fingerprint density at radius 2 is 1.54 bits per heavy atom. The van der Waals surface area contributed by atoms with Gasteiger partial charge in [-0.2, -0.15) is 0 Å². The summed E-state index contributed by atoms with van der Waals surface area (Å²) in [5.74, 6) is 2.15. The van der Waals surface area contributed by atoms with Crippen molar-refractivity contribution in [3.63, 3.8) is 0 Å². The molecule has 3 N–H and O–H groups in total. The fourth-order valence-electron chi connectivity index (χ4n) is 12.8. The third-order valence-corrected chi connectivity index (χ3v) is 15.1. The number of anilines is 1. The van der Waals surface area contributed by atoms with Crippen molar-refractivity contribution >= 4 is 17.2 Å². The van der Waals surface area contributed by atoms with Crippen molar-refractivity contribution in [2.75, 3.05) is 18.4 Å². The molecule has 0 aromatic heterocycles. The van der Waals surface area contributed by atoms with Crippen molar-refractivity contribution < 1.29 is 9.90 Å². The van der Waals surface area contributed by atoms with Gasteiger partial charge < -0.3 is 15.7 Å². The van der Waals surface area contributed by atoms with E-state index in [9.17, 15) is 9.90 Å². The number of fused-ring (bicyclic) bond motifs is 7. The van der Waals surface area contributed by atoms with Gasteiger partial charge in [0.15, 0.2) is 0 Å². The lowest BCUT2D eigenvalue weighted by Crippen LogP contribution is -2.67. The fourth-order valence-corrected chi connectivity index (χ4v) is 12.8. The van der Waals surface area contributed by atoms with E-state index < -0.39 is 5.97 Å². The van der Waals surface area contributed by atoms with Crippen LogP contribution in [-0.2, 0) is 0 Å². The number of rotatable bonds is 7. The molecule has 0 spiro atoms. The molecule has 4 nitrogen and oxygen atoms in total. The standard InChI is InChI=1S/C41H56N2O2.C3H6/c1-37(2)31(28-13-15-29(16-14-28)36(44)45)19-22-38(3)34(37)20-23-40(5)35(38)18-17-32-33-12-9-21-41(33,25-24-39(32,40)4)43-27-26-42-30-10-7-6-8-11-30;1-3-2/h6-8,10-11,13-16,19,32-35,42-43H,9,12,17-18,20-27H2,1-5H3,(H,44,45);3H,1H2,2H3/t32?,33?,34?,35?,38?,39-,40?,41?;/m1./s1. The van der Waals surface area contributed by atoms with Gasteiger partial charge in [0.25, 0.3) is 0 Å². The van der Waals surface area contributed by atoms with E-state index in [1.165, 1.54) is 74.6 Å². The second kappa shape index (κ2) is 13.1. The van der Waals surface area contributed by atoms with E-state index in [0.29, 0.717) is 33.3 Å². The van der Waals surface area contributed by atoms with Gasteiger partial charge in [0.1, 0.15) is 0 Å². The molecule has 8 atom stereocenters. The van der Waals surface area contributed by atoms with E-state index in [1.54, 1.807) is 18.2 Å².